The first-order chi connectivity index (χ1) is 7.18. The fourth-order valence-corrected chi connectivity index (χ4v) is 1.87. The van der Waals surface area contributed by atoms with E-state index in [1.165, 1.54) is 5.57 Å². The molecule has 0 aromatic carbocycles. The highest BCUT2D eigenvalue weighted by molar-refractivity contribution is 5.78. The van der Waals surface area contributed by atoms with Crippen molar-refractivity contribution in [3.05, 3.63) is 23.5 Å². The van der Waals surface area contributed by atoms with Crippen molar-refractivity contribution in [1.29, 1.82) is 0 Å². The Morgan fingerprint density at radius 1 is 1.60 bits per heavy atom. The number of rotatable bonds is 1. The maximum absolute atomic E-state index is 11.3. The molecule has 4 heteroatoms. The first-order valence-electron chi connectivity index (χ1n) is 5.13. The van der Waals surface area contributed by atoms with E-state index in [0.717, 1.165) is 24.2 Å². The van der Waals surface area contributed by atoms with E-state index in [1.54, 1.807) is 6.92 Å². The fourth-order valence-electron chi connectivity index (χ4n) is 1.87. The van der Waals surface area contributed by atoms with Gasteiger partial charge in [0.05, 0.1) is 11.9 Å². The third-order valence-corrected chi connectivity index (χ3v) is 2.75. The van der Waals surface area contributed by atoms with Gasteiger partial charge in [-0.25, -0.2) is 0 Å². The summed E-state index contributed by atoms with van der Waals surface area (Å²) >= 11 is 0. The number of carbonyl (C=O) groups excluding carboxylic acids is 1. The van der Waals surface area contributed by atoms with Crippen LogP contribution in [0, 0.1) is 6.92 Å². The number of hydrogen-bond donors (Lipinski definition) is 1. The molecule has 15 heavy (non-hydrogen) atoms. The minimum Gasteiger partial charge on any atom is -0.338 e. The van der Waals surface area contributed by atoms with Crippen molar-refractivity contribution >= 4 is 11.5 Å². The van der Waals surface area contributed by atoms with E-state index in [9.17, 15) is 4.79 Å². The van der Waals surface area contributed by atoms with Crippen LogP contribution in [0.15, 0.2) is 12.3 Å². The third kappa shape index (κ3) is 1.93. The average molecular weight is 205 g/mol. The van der Waals surface area contributed by atoms with Gasteiger partial charge in [-0.3, -0.25) is 9.89 Å². The van der Waals surface area contributed by atoms with E-state index in [1.807, 2.05) is 18.0 Å². The van der Waals surface area contributed by atoms with Gasteiger partial charge in [0.25, 0.3) is 0 Å². The molecule has 0 saturated heterocycles. The molecule has 0 radical (unpaired) electrons. The molecule has 0 spiro atoms. The zero-order chi connectivity index (χ0) is 10.8. The first-order valence-corrected chi connectivity index (χ1v) is 5.13. The van der Waals surface area contributed by atoms with Gasteiger partial charge in [0.2, 0.25) is 5.91 Å². The molecule has 1 aliphatic heterocycles. The summed E-state index contributed by atoms with van der Waals surface area (Å²) in [5.41, 5.74) is 3.36. The molecule has 1 aromatic heterocycles. The molecule has 1 N–H and O–H groups in total. The molecule has 0 aliphatic carbocycles. The SMILES string of the molecule is CC(=O)N1CCC=C(c2[nH]ncc2C)C1. The predicted molar refractivity (Wildman–Crippen MR) is 58.2 cm³/mol. The van der Waals surface area contributed by atoms with E-state index < -0.39 is 0 Å². The standard InChI is InChI=1S/C11H15N3O/c1-8-6-12-13-11(8)10-4-3-5-14(7-10)9(2)15/h4,6H,3,5,7H2,1-2H3,(H,12,13). The van der Waals surface area contributed by atoms with Gasteiger partial charge < -0.3 is 4.90 Å². The number of nitrogens with one attached hydrogen (secondary N) is 1. The van der Waals surface area contributed by atoms with E-state index in [2.05, 4.69) is 16.3 Å². The highest BCUT2D eigenvalue weighted by Crippen LogP contribution is 2.21. The van der Waals surface area contributed by atoms with E-state index >= 15 is 0 Å². The fraction of sp³-hybridized carbons (Fsp3) is 0.455. The Morgan fingerprint density at radius 3 is 3.00 bits per heavy atom. The van der Waals surface area contributed by atoms with Crippen LogP contribution in [0.2, 0.25) is 0 Å². The molecule has 0 saturated carbocycles. The monoisotopic (exact) mass is 205 g/mol. The van der Waals surface area contributed by atoms with Gasteiger partial charge in [-0.15, -0.1) is 0 Å². The highest BCUT2D eigenvalue weighted by atomic mass is 16.2. The van der Waals surface area contributed by atoms with Gasteiger partial charge in [-0.1, -0.05) is 6.08 Å². The van der Waals surface area contributed by atoms with Gasteiger partial charge in [0.15, 0.2) is 0 Å². The number of aryl methyl sites for hydroxylation is 1. The lowest BCUT2D eigenvalue weighted by atomic mass is 10.0. The second kappa shape index (κ2) is 3.88. The van der Waals surface area contributed by atoms with Crippen molar-refractivity contribution in [2.24, 2.45) is 0 Å². The van der Waals surface area contributed by atoms with Crippen LogP contribution >= 0.6 is 0 Å². The summed E-state index contributed by atoms with van der Waals surface area (Å²) in [6.07, 6.45) is 4.91. The second-order valence-corrected chi connectivity index (χ2v) is 3.89. The summed E-state index contributed by atoms with van der Waals surface area (Å²) in [6, 6.07) is 0. The number of aromatic amines is 1. The Balaban J connectivity index is 2.21. The molecule has 0 atom stereocenters. The lowest BCUT2D eigenvalue weighted by molar-refractivity contribution is -0.128. The number of amides is 1. The summed E-state index contributed by atoms with van der Waals surface area (Å²) in [7, 11) is 0. The van der Waals surface area contributed by atoms with Gasteiger partial charge in [0.1, 0.15) is 0 Å². The Labute approximate surface area is 89.0 Å². The number of hydrogen-bond acceptors (Lipinski definition) is 2. The van der Waals surface area contributed by atoms with E-state index in [4.69, 9.17) is 0 Å². The zero-order valence-electron chi connectivity index (χ0n) is 9.08. The highest BCUT2D eigenvalue weighted by Gasteiger charge is 2.17. The molecule has 1 aliphatic rings. The van der Waals surface area contributed by atoms with Gasteiger partial charge >= 0.3 is 0 Å². The van der Waals surface area contributed by atoms with Crippen LogP contribution in [0.25, 0.3) is 5.57 Å². The van der Waals surface area contributed by atoms with Crippen LogP contribution in [0.1, 0.15) is 24.6 Å². The van der Waals surface area contributed by atoms with Crippen molar-refractivity contribution in [3.8, 4) is 0 Å². The first kappa shape index (κ1) is 9.96. The molecule has 80 valence electrons. The molecule has 1 amide bonds. The van der Waals surface area contributed by atoms with Crippen molar-refractivity contribution < 1.29 is 4.79 Å². The average Bonchev–Trinajstić information content (AvgIpc) is 2.64. The second-order valence-electron chi connectivity index (χ2n) is 3.89. The van der Waals surface area contributed by atoms with E-state index in [-0.39, 0.29) is 5.91 Å². The minimum absolute atomic E-state index is 0.137. The lowest BCUT2D eigenvalue weighted by Gasteiger charge is -2.26. The summed E-state index contributed by atoms with van der Waals surface area (Å²) in [6.45, 7) is 5.15. The lowest BCUT2D eigenvalue weighted by Crippen LogP contribution is -2.33. The Hall–Kier alpha value is -1.58. The van der Waals surface area contributed by atoms with Crippen LogP contribution in [-0.2, 0) is 4.79 Å². The molecule has 4 nitrogen and oxygen atoms in total. The normalized spacial score (nSPS) is 16.4. The number of aromatic nitrogens is 2. The summed E-state index contributed by atoms with van der Waals surface area (Å²) < 4.78 is 0. The molecule has 0 bridgehead atoms. The zero-order valence-corrected chi connectivity index (χ0v) is 9.08. The molecular formula is C11H15N3O. The van der Waals surface area contributed by atoms with Gasteiger partial charge in [0, 0.05) is 20.0 Å². The Kier molecular flexibility index (Phi) is 2.58. The number of carbonyl (C=O) groups is 1. The quantitative estimate of drug-likeness (QED) is 0.752. The largest absolute Gasteiger partial charge is 0.338 e. The Morgan fingerprint density at radius 2 is 2.40 bits per heavy atom. The molecular weight excluding hydrogens is 190 g/mol. The topological polar surface area (TPSA) is 49.0 Å². The smallest absolute Gasteiger partial charge is 0.219 e. The maximum atomic E-state index is 11.3. The van der Waals surface area contributed by atoms with E-state index in [0.29, 0.717) is 6.54 Å². The van der Waals surface area contributed by atoms with Crippen LogP contribution in [0.5, 0.6) is 0 Å². The number of H-pyrrole nitrogens is 1. The van der Waals surface area contributed by atoms with Crippen LogP contribution in [0.4, 0.5) is 0 Å². The predicted octanol–water partition coefficient (Wildman–Crippen LogP) is 1.35. The van der Waals surface area contributed by atoms with Gasteiger partial charge in [-0.05, 0) is 24.5 Å². The van der Waals surface area contributed by atoms with Crippen molar-refractivity contribution in [3.63, 3.8) is 0 Å². The molecule has 2 heterocycles. The summed E-state index contributed by atoms with van der Waals surface area (Å²) in [4.78, 5) is 13.1. The maximum Gasteiger partial charge on any atom is 0.219 e. The molecule has 0 fully saturated rings. The number of nitrogens with zero attached hydrogens (tertiary/aromatic N) is 2. The van der Waals surface area contributed by atoms with Crippen molar-refractivity contribution in [2.75, 3.05) is 13.1 Å². The molecule has 0 unspecified atom stereocenters. The molecule has 1 aromatic rings. The van der Waals surface area contributed by atoms with Crippen LogP contribution in [0.3, 0.4) is 0 Å². The molecule has 2 rings (SSSR count). The van der Waals surface area contributed by atoms with Crippen LogP contribution in [-0.4, -0.2) is 34.1 Å². The summed E-state index contributed by atoms with van der Waals surface area (Å²) in [5.74, 6) is 0.137. The van der Waals surface area contributed by atoms with Crippen LogP contribution < -0.4 is 0 Å². The van der Waals surface area contributed by atoms with Crippen molar-refractivity contribution in [1.82, 2.24) is 15.1 Å². The third-order valence-electron chi connectivity index (χ3n) is 2.75. The summed E-state index contributed by atoms with van der Waals surface area (Å²) in [5, 5.41) is 6.98. The van der Waals surface area contributed by atoms with Crippen molar-refractivity contribution in [2.45, 2.75) is 20.3 Å². The van der Waals surface area contributed by atoms with Gasteiger partial charge in [-0.2, -0.15) is 5.10 Å². The Bertz CT molecular complexity index is 406. The minimum atomic E-state index is 0.137.